The lowest BCUT2D eigenvalue weighted by molar-refractivity contribution is -0.137. The average molecular weight is 1290 g/mol. The van der Waals surface area contributed by atoms with Crippen LogP contribution < -0.4 is 9.80 Å². The van der Waals surface area contributed by atoms with Crippen molar-refractivity contribution in [3.05, 3.63) is 95.4 Å². The number of aliphatic carboxylic acids is 1. The van der Waals surface area contributed by atoms with E-state index in [4.69, 9.17) is 42.6 Å². The summed E-state index contributed by atoms with van der Waals surface area (Å²) in [5, 5.41) is 9.47. The van der Waals surface area contributed by atoms with Gasteiger partial charge in [-0.15, -0.1) is 0 Å². The number of carboxylic acid groups (broad SMARTS) is 1. The van der Waals surface area contributed by atoms with Gasteiger partial charge in [-0.1, -0.05) is 51.5 Å². The van der Waals surface area contributed by atoms with Crippen LogP contribution in [0, 0.1) is 0 Å². The Morgan fingerprint density at radius 3 is 1.41 bits per heavy atom. The molecule has 2 aliphatic rings. The molecule has 0 spiro atoms. The van der Waals surface area contributed by atoms with Crippen molar-refractivity contribution in [1.29, 1.82) is 0 Å². The highest BCUT2D eigenvalue weighted by Gasteiger charge is 2.43. The second kappa shape index (κ2) is 31.4. The number of nitrogens with zero attached hydrogens (tertiary/aromatic N) is 2. The SMILES string of the molecule is COCCOCCOCCOCCOCCN1C=C(/C=C/C=C2/N(CCCCCC(=O)O)c3ccc4c(S(=O)(=O)O)cc(S(=O)(=O)O)cc4c3C2(C)C)C(C)(CCOCCOCCOCCOC)c2c1ccc1c(S(=O)(=O)O)cc(S(=O)(=O)O)cc21. The van der Waals surface area contributed by atoms with E-state index >= 15 is 0 Å². The third-order valence-corrected chi connectivity index (χ3v) is 18.1. The molecular formula is C57H78N2O23S4. The Morgan fingerprint density at radius 2 is 0.953 bits per heavy atom. The van der Waals surface area contributed by atoms with Crippen LogP contribution in [0.25, 0.3) is 21.5 Å². The maximum absolute atomic E-state index is 13.1. The number of unbranched alkanes of at least 4 members (excludes halogenated alkanes) is 2. The van der Waals surface area contributed by atoms with Crippen LogP contribution in [0.1, 0.15) is 64.0 Å². The number of anilines is 2. The number of allylic oxidation sites excluding steroid dienone is 5. The number of carboxylic acids is 1. The minimum atomic E-state index is -5.13. The van der Waals surface area contributed by atoms with Crippen molar-refractivity contribution in [2.24, 2.45) is 0 Å². The summed E-state index contributed by atoms with van der Waals surface area (Å²) in [7, 11) is -17.2. The van der Waals surface area contributed by atoms with E-state index in [1.165, 1.54) is 12.1 Å². The van der Waals surface area contributed by atoms with Crippen molar-refractivity contribution in [3.63, 3.8) is 0 Å². The van der Waals surface area contributed by atoms with E-state index in [9.17, 15) is 61.8 Å². The maximum Gasteiger partial charge on any atom is 0.303 e. The Kier molecular flexibility index (Phi) is 25.6. The van der Waals surface area contributed by atoms with E-state index in [0.717, 1.165) is 12.1 Å². The lowest BCUT2D eigenvalue weighted by atomic mass is 9.69. The molecule has 5 N–H and O–H groups in total. The van der Waals surface area contributed by atoms with E-state index in [0.29, 0.717) is 131 Å². The quantitative estimate of drug-likeness (QED) is 0.0231. The zero-order valence-electron chi connectivity index (χ0n) is 48.8. The first-order valence-corrected chi connectivity index (χ1v) is 33.4. The molecule has 0 fully saturated rings. The average Bonchev–Trinajstić information content (AvgIpc) is 1.05. The van der Waals surface area contributed by atoms with Crippen LogP contribution in [0.2, 0.25) is 0 Å². The Balaban J connectivity index is 1.45. The van der Waals surface area contributed by atoms with Gasteiger partial charge in [0.2, 0.25) is 0 Å². The van der Waals surface area contributed by atoms with Gasteiger partial charge in [0.15, 0.2) is 0 Å². The van der Waals surface area contributed by atoms with Crippen molar-refractivity contribution in [2.75, 3.05) is 143 Å². The van der Waals surface area contributed by atoms with Gasteiger partial charge in [-0.3, -0.25) is 23.0 Å². The first-order chi connectivity index (χ1) is 40.7. The molecule has 6 rings (SSSR count). The molecule has 2 heterocycles. The molecular weight excluding hydrogens is 1210 g/mol. The normalized spacial score (nSPS) is 16.9. The van der Waals surface area contributed by atoms with Crippen LogP contribution in [-0.2, 0) is 98.7 Å². The van der Waals surface area contributed by atoms with Crippen molar-refractivity contribution in [3.8, 4) is 0 Å². The van der Waals surface area contributed by atoms with Gasteiger partial charge in [0.1, 0.15) is 9.79 Å². The van der Waals surface area contributed by atoms with Crippen molar-refractivity contribution >= 4 is 79.4 Å². The monoisotopic (exact) mass is 1290 g/mol. The van der Waals surface area contributed by atoms with Gasteiger partial charge in [0, 0.05) is 85.2 Å². The lowest BCUT2D eigenvalue weighted by Gasteiger charge is -2.42. The van der Waals surface area contributed by atoms with E-state index in [-0.39, 0.29) is 87.2 Å². The summed E-state index contributed by atoms with van der Waals surface area (Å²) in [6.45, 7) is 10.7. The smallest absolute Gasteiger partial charge is 0.303 e. The molecule has 0 amide bonds. The number of ether oxygens (including phenoxy) is 9. The summed E-state index contributed by atoms with van der Waals surface area (Å²) in [6, 6.07) is 9.80. The molecule has 0 radical (unpaired) electrons. The largest absolute Gasteiger partial charge is 0.481 e. The fraction of sp³-hybridized carbons (Fsp3) is 0.526. The van der Waals surface area contributed by atoms with Crippen LogP contribution in [0.4, 0.5) is 11.4 Å². The molecule has 0 bridgehead atoms. The number of hydrogen-bond donors (Lipinski definition) is 5. The molecule has 1 atom stereocenters. The first kappa shape index (κ1) is 70.1. The summed E-state index contributed by atoms with van der Waals surface area (Å²) >= 11 is 0. The Morgan fingerprint density at radius 1 is 0.512 bits per heavy atom. The van der Waals surface area contributed by atoms with E-state index in [2.05, 4.69) is 0 Å². The Labute approximate surface area is 502 Å². The highest BCUT2D eigenvalue weighted by atomic mass is 32.2. The summed E-state index contributed by atoms with van der Waals surface area (Å²) < 4.78 is 195. The molecule has 478 valence electrons. The first-order valence-electron chi connectivity index (χ1n) is 27.7. The van der Waals surface area contributed by atoms with Gasteiger partial charge in [-0.05, 0) is 89.2 Å². The molecule has 0 aromatic heterocycles. The predicted molar refractivity (Wildman–Crippen MR) is 318 cm³/mol. The number of methoxy groups -OCH3 is 2. The van der Waals surface area contributed by atoms with E-state index < -0.39 is 76.9 Å². The lowest BCUT2D eigenvalue weighted by Crippen LogP contribution is -2.37. The zero-order valence-corrected chi connectivity index (χ0v) is 52.1. The summed E-state index contributed by atoms with van der Waals surface area (Å²) in [5.74, 6) is -0.960. The number of hydrogen-bond acceptors (Lipinski definition) is 20. The standard InChI is InChI=1S/C57H78N2O23S4/c1-56(2)52(59(18-8-6-7-12-53(60)61)49-16-14-44-46(54(49)56)36-42(83(62,63)64)38-50(44)85(68,69)70)11-9-10-41-40-58(19-21-77-27-29-81-34-35-82-33-31-79-25-23-75-5)48-15-13-45-47(37-43(84(65,66)67)39-51(45)86(71,72)73)55(48)57(41,3)17-20-76-26-28-80-32-30-78-24-22-74-4/h9-11,13-16,36-40H,6-8,12,17-35H2,1-5H3,(H,60,61)(H,62,63,64)(H,65,66,67)(H,68,69,70)(H,71,72,73)/b10-9+,52-11+. The topological polar surface area (TPSA) is 344 Å². The van der Waals surface area contributed by atoms with E-state index in [1.807, 2.05) is 36.8 Å². The number of rotatable bonds is 39. The van der Waals surface area contributed by atoms with Crippen molar-refractivity contribution in [2.45, 2.75) is 83.3 Å². The van der Waals surface area contributed by atoms with Crippen LogP contribution in [0.15, 0.2) is 104 Å². The Bertz CT molecular complexity index is 3550. The predicted octanol–water partition coefficient (Wildman–Crippen LogP) is 6.62. The third kappa shape index (κ3) is 18.5. The third-order valence-electron chi connectivity index (χ3n) is 14.6. The summed E-state index contributed by atoms with van der Waals surface area (Å²) in [6.07, 6.45) is 8.63. The zero-order chi connectivity index (χ0) is 62.9. The van der Waals surface area contributed by atoms with E-state index in [1.54, 1.807) is 44.6 Å². The molecule has 0 aliphatic carbocycles. The molecule has 4 aromatic rings. The molecule has 0 saturated carbocycles. The number of fused-ring (bicyclic) bond motifs is 6. The molecule has 1 unspecified atom stereocenters. The second-order valence-corrected chi connectivity index (χ2v) is 26.5. The van der Waals surface area contributed by atoms with Crippen LogP contribution in [0.3, 0.4) is 0 Å². The Hall–Kier alpha value is -5.03. The van der Waals surface area contributed by atoms with Gasteiger partial charge in [0.25, 0.3) is 40.5 Å². The minimum absolute atomic E-state index is 0.0216. The van der Waals surface area contributed by atoms with Gasteiger partial charge in [-0.2, -0.15) is 33.7 Å². The fourth-order valence-electron chi connectivity index (χ4n) is 10.5. The maximum atomic E-state index is 13.1. The summed E-state index contributed by atoms with van der Waals surface area (Å²) in [5.41, 5.74) is 0.734. The molecule has 0 saturated heterocycles. The van der Waals surface area contributed by atoms with Gasteiger partial charge in [0.05, 0.1) is 109 Å². The highest BCUT2D eigenvalue weighted by Crippen LogP contribution is 2.53. The number of carbonyl (C=O) groups is 1. The molecule has 25 nitrogen and oxygen atoms in total. The molecule has 4 aromatic carbocycles. The minimum Gasteiger partial charge on any atom is -0.481 e. The molecule has 29 heteroatoms. The molecule has 2 aliphatic heterocycles. The fourth-order valence-corrected chi connectivity index (χ4v) is 13.2. The second-order valence-electron chi connectivity index (χ2n) is 20.9. The van der Waals surface area contributed by atoms with Crippen molar-refractivity contribution in [1.82, 2.24) is 0 Å². The van der Waals surface area contributed by atoms with Gasteiger partial charge >= 0.3 is 5.97 Å². The number of benzene rings is 4. The highest BCUT2D eigenvalue weighted by molar-refractivity contribution is 7.87. The van der Waals surface area contributed by atoms with Gasteiger partial charge < -0.3 is 57.5 Å². The van der Waals surface area contributed by atoms with Crippen LogP contribution in [0.5, 0.6) is 0 Å². The van der Waals surface area contributed by atoms with Crippen LogP contribution >= 0.6 is 0 Å². The summed E-state index contributed by atoms with van der Waals surface area (Å²) in [4.78, 5) is 12.1. The van der Waals surface area contributed by atoms with Crippen LogP contribution in [-0.4, -0.2) is 196 Å². The van der Waals surface area contributed by atoms with Gasteiger partial charge in [-0.25, -0.2) is 0 Å². The van der Waals surface area contributed by atoms with Crippen molar-refractivity contribution < 1.29 is 104 Å². The molecule has 86 heavy (non-hydrogen) atoms.